The molecule has 0 aromatic carbocycles. The summed E-state index contributed by atoms with van der Waals surface area (Å²) in [7, 11) is 1.53. The molecule has 2 amide bonds. The van der Waals surface area contributed by atoms with Crippen molar-refractivity contribution in [2.24, 2.45) is 5.73 Å². The molecule has 1 heterocycles. The molecule has 1 rings (SSSR count). The van der Waals surface area contributed by atoms with Crippen LogP contribution in [0.3, 0.4) is 0 Å². The molecule has 0 unspecified atom stereocenters. The van der Waals surface area contributed by atoms with Gasteiger partial charge in [-0.2, -0.15) is 0 Å². The first kappa shape index (κ1) is 14.2. The number of anilines is 1. The van der Waals surface area contributed by atoms with Crippen LogP contribution in [-0.4, -0.2) is 41.5 Å². The van der Waals surface area contributed by atoms with Crippen LogP contribution < -0.4 is 11.1 Å². The second-order valence-corrected chi connectivity index (χ2v) is 4.08. The Kier molecular flexibility index (Phi) is 4.85. The molecule has 1 aromatic heterocycles. The second kappa shape index (κ2) is 6.15. The molecule has 18 heavy (non-hydrogen) atoms. The van der Waals surface area contributed by atoms with E-state index in [-0.39, 0.29) is 18.4 Å². The lowest BCUT2D eigenvalue weighted by Gasteiger charge is -2.19. The number of nitrogens with two attached hydrogens (primary N) is 1. The molecule has 3 N–H and O–H groups in total. The van der Waals surface area contributed by atoms with Gasteiger partial charge in [-0.15, -0.1) is 0 Å². The van der Waals surface area contributed by atoms with Gasteiger partial charge >= 0.3 is 0 Å². The maximum atomic E-state index is 11.7. The number of amides is 2. The summed E-state index contributed by atoms with van der Waals surface area (Å²) in [6.07, 6.45) is 0.535. The summed E-state index contributed by atoms with van der Waals surface area (Å²) in [6, 6.07) is 1.02. The summed E-state index contributed by atoms with van der Waals surface area (Å²) in [4.78, 5) is 24.6. The first-order valence-corrected chi connectivity index (χ1v) is 5.67. The Balaban J connectivity index is 2.47. The Hall–Kier alpha value is -1.89. The predicted octanol–water partition coefficient (Wildman–Crippen LogP) is 0.117. The van der Waals surface area contributed by atoms with Gasteiger partial charge in [0.05, 0.1) is 12.6 Å². The third-order valence-electron chi connectivity index (χ3n) is 2.41. The van der Waals surface area contributed by atoms with Crippen molar-refractivity contribution in [1.82, 2.24) is 10.1 Å². The third-order valence-corrected chi connectivity index (χ3v) is 2.41. The van der Waals surface area contributed by atoms with Gasteiger partial charge in [0.15, 0.2) is 5.82 Å². The van der Waals surface area contributed by atoms with Crippen LogP contribution in [0.5, 0.6) is 0 Å². The monoisotopic (exact) mass is 254 g/mol. The van der Waals surface area contributed by atoms with Gasteiger partial charge in [-0.05, 0) is 13.3 Å². The molecule has 1 aromatic rings. The fourth-order valence-electron chi connectivity index (χ4n) is 1.36. The summed E-state index contributed by atoms with van der Waals surface area (Å²) in [5, 5.41) is 6.15. The van der Waals surface area contributed by atoms with Crippen LogP contribution in [0.2, 0.25) is 0 Å². The van der Waals surface area contributed by atoms with Crippen molar-refractivity contribution >= 4 is 17.6 Å². The van der Waals surface area contributed by atoms with E-state index in [2.05, 4.69) is 10.5 Å². The molecule has 1 atom stereocenters. The highest BCUT2D eigenvalue weighted by molar-refractivity contribution is 5.94. The van der Waals surface area contributed by atoms with Crippen molar-refractivity contribution < 1.29 is 14.1 Å². The first-order valence-electron chi connectivity index (χ1n) is 5.67. The quantitative estimate of drug-likeness (QED) is 0.777. The van der Waals surface area contributed by atoms with Gasteiger partial charge in [-0.3, -0.25) is 9.59 Å². The van der Waals surface area contributed by atoms with Crippen LogP contribution in [0.15, 0.2) is 10.6 Å². The minimum absolute atomic E-state index is 0.0710. The topological polar surface area (TPSA) is 101 Å². The highest BCUT2D eigenvalue weighted by Crippen LogP contribution is 2.06. The van der Waals surface area contributed by atoms with E-state index in [9.17, 15) is 9.59 Å². The maximum absolute atomic E-state index is 11.7. The normalized spacial score (nSPS) is 12.0. The van der Waals surface area contributed by atoms with E-state index in [1.165, 1.54) is 11.9 Å². The average molecular weight is 254 g/mol. The first-order chi connectivity index (χ1) is 8.43. The zero-order valence-electron chi connectivity index (χ0n) is 10.8. The molecular formula is C11H18N4O3. The third kappa shape index (κ3) is 3.85. The molecule has 0 fully saturated rings. The van der Waals surface area contributed by atoms with Crippen molar-refractivity contribution in [2.75, 3.05) is 18.9 Å². The molecule has 0 aliphatic carbocycles. The van der Waals surface area contributed by atoms with E-state index >= 15 is 0 Å². The van der Waals surface area contributed by atoms with Gasteiger partial charge < -0.3 is 20.5 Å². The fourth-order valence-corrected chi connectivity index (χ4v) is 1.36. The van der Waals surface area contributed by atoms with Gasteiger partial charge in [0.1, 0.15) is 5.76 Å². The van der Waals surface area contributed by atoms with Crippen LogP contribution in [0.4, 0.5) is 5.82 Å². The summed E-state index contributed by atoms with van der Waals surface area (Å²) >= 11 is 0. The summed E-state index contributed by atoms with van der Waals surface area (Å²) in [6.45, 7) is 3.46. The zero-order chi connectivity index (χ0) is 13.7. The zero-order valence-corrected chi connectivity index (χ0v) is 10.8. The van der Waals surface area contributed by atoms with Crippen LogP contribution in [0, 0.1) is 6.92 Å². The number of nitrogens with zero attached hydrogens (tertiary/aromatic N) is 2. The van der Waals surface area contributed by atoms with Crippen LogP contribution in [-0.2, 0) is 9.59 Å². The SMILES string of the molecule is CC[C@@H](N)C(=O)N(C)CC(=O)Nc1cc(C)on1. The molecule has 0 bridgehead atoms. The van der Waals surface area contributed by atoms with Crippen molar-refractivity contribution in [3.8, 4) is 0 Å². The van der Waals surface area contributed by atoms with E-state index in [4.69, 9.17) is 10.3 Å². The number of aryl methyl sites for hydroxylation is 1. The second-order valence-electron chi connectivity index (χ2n) is 4.08. The van der Waals surface area contributed by atoms with Crippen molar-refractivity contribution in [2.45, 2.75) is 26.3 Å². The number of carbonyl (C=O) groups excluding carboxylic acids is 2. The van der Waals surface area contributed by atoms with Crippen LogP contribution >= 0.6 is 0 Å². The van der Waals surface area contributed by atoms with E-state index in [0.717, 1.165) is 0 Å². The van der Waals surface area contributed by atoms with Crippen molar-refractivity contribution in [1.29, 1.82) is 0 Å². The Morgan fingerprint density at radius 2 is 2.28 bits per heavy atom. The Labute approximate surface area is 105 Å². The highest BCUT2D eigenvalue weighted by Gasteiger charge is 2.18. The Morgan fingerprint density at radius 1 is 1.61 bits per heavy atom. The molecule has 0 spiro atoms. The lowest BCUT2D eigenvalue weighted by molar-refractivity contribution is -0.134. The number of rotatable bonds is 5. The van der Waals surface area contributed by atoms with Gasteiger partial charge in [-0.25, -0.2) is 0 Å². The van der Waals surface area contributed by atoms with Crippen molar-refractivity contribution in [3.63, 3.8) is 0 Å². The molecule has 7 nitrogen and oxygen atoms in total. The number of hydrogen-bond donors (Lipinski definition) is 2. The van der Waals surface area contributed by atoms with Gasteiger partial charge in [-0.1, -0.05) is 12.1 Å². The minimum Gasteiger partial charge on any atom is -0.360 e. The fraction of sp³-hybridized carbons (Fsp3) is 0.545. The van der Waals surface area contributed by atoms with Gasteiger partial charge in [0, 0.05) is 13.1 Å². The minimum atomic E-state index is -0.572. The lowest BCUT2D eigenvalue weighted by atomic mass is 10.2. The number of likely N-dealkylation sites (N-methyl/N-ethyl adjacent to an activating group) is 1. The Bertz CT molecular complexity index is 430. The summed E-state index contributed by atoms with van der Waals surface area (Å²) < 4.78 is 4.81. The molecule has 0 aliphatic heterocycles. The summed E-state index contributed by atoms with van der Waals surface area (Å²) in [5.74, 6) is 0.326. The number of nitrogens with one attached hydrogen (secondary N) is 1. The van der Waals surface area contributed by atoms with Crippen molar-refractivity contribution in [3.05, 3.63) is 11.8 Å². The van der Waals surface area contributed by atoms with Crippen LogP contribution in [0.25, 0.3) is 0 Å². The molecule has 0 saturated carbocycles. The van der Waals surface area contributed by atoms with Gasteiger partial charge in [0.2, 0.25) is 11.8 Å². The number of hydrogen-bond acceptors (Lipinski definition) is 5. The number of carbonyl (C=O) groups is 2. The lowest BCUT2D eigenvalue weighted by Crippen LogP contribution is -2.44. The largest absolute Gasteiger partial charge is 0.360 e. The van der Waals surface area contributed by atoms with E-state index in [0.29, 0.717) is 18.0 Å². The standard InChI is InChI=1S/C11H18N4O3/c1-4-8(12)11(17)15(3)6-10(16)13-9-5-7(2)18-14-9/h5,8H,4,6,12H2,1-3H3,(H,13,14,16)/t8-/m1/s1. The van der Waals surface area contributed by atoms with Gasteiger partial charge in [0.25, 0.3) is 0 Å². The Morgan fingerprint density at radius 3 is 2.78 bits per heavy atom. The summed E-state index contributed by atoms with van der Waals surface area (Å²) in [5.41, 5.74) is 5.60. The predicted molar refractivity (Wildman–Crippen MR) is 65.8 cm³/mol. The van der Waals surface area contributed by atoms with E-state index < -0.39 is 6.04 Å². The molecule has 0 aliphatic rings. The molecule has 100 valence electrons. The highest BCUT2D eigenvalue weighted by atomic mass is 16.5. The van der Waals surface area contributed by atoms with E-state index in [1.54, 1.807) is 13.0 Å². The molecular weight excluding hydrogens is 236 g/mol. The molecule has 0 saturated heterocycles. The smallest absolute Gasteiger partial charge is 0.245 e. The average Bonchev–Trinajstić information content (AvgIpc) is 2.72. The van der Waals surface area contributed by atoms with Crippen LogP contribution in [0.1, 0.15) is 19.1 Å². The number of aromatic nitrogens is 1. The molecule has 0 radical (unpaired) electrons. The molecule has 7 heteroatoms. The van der Waals surface area contributed by atoms with E-state index in [1.807, 2.05) is 6.92 Å². The maximum Gasteiger partial charge on any atom is 0.245 e.